The fourth-order valence-electron chi connectivity index (χ4n) is 2.78. The van der Waals surface area contributed by atoms with Crippen LogP contribution >= 0.6 is 34.8 Å². The van der Waals surface area contributed by atoms with Crippen LogP contribution in [0, 0.1) is 6.92 Å². The van der Waals surface area contributed by atoms with Crippen LogP contribution in [-0.4, -0.2) is 35.4 Å². The zero-order valence-electron chi connectivity index (χ0n) is 17.3. The van der Waals surface area contributed by atoms with Crippen LogP contribution in [0.1, 0.15) is 31.9 Å². The minimum atomic E-state index is -0.747. The summed E-state index contributed by atoms with van der Waals surface area (Å²) in [6, 6.07) is 9.44. The fraction of sp³-hybridized carbons (Fsp3) is 0.364. The highest BCUT2D eigenvalue weighted by atomic mass is 35.5. The predicted molar refractivity (Wildman–Crippen MR) is 121 cm³/mol. The Balaban J connectivity index is 2.23. The van der Waals surface area contributed by atoms with Crippen LogP contribution in [0.15, 0.2) is 36.4 Å². The van der Waals surface area contributed by atoms with Gasteiger partial charge < -0.3 is 15.0 Å². The van der Waals surface area contributed by atoms with Gasteiger partial charge in [-0.3, -0.25) is 9.59 Å². The molecule has 2 amide bonds. The standard InChI is InChI=1S/C22H25Cl3N2O3/c1-13(2)26-22(29)15(4)27(11-17-19(24)6-5-7-20(17)25)21(28)12-30-16-8-9-18(23)14(3)10-16/h5-10,13,15H,11-12H2,1-4H3,(H,26,29)/t15-/m0/s1. The molecule has 2 aromatic rings. The van der Waals surface area contributed by atoms with Gasteiger partial charge in [0.05, 0.1) is 0 Å². The van der Waals surface area contributed by atoms with Crippen LogP contribution in [0.3, 0.4) is 0 Å². The molecule has 8 heteroatoms. The molecule has 0 aliphatic carbocycles. The molecule has 0 heterocycles. The lowest BCUT2D eigenvalue weighted by atomic mass is 10.1. The summed E-state index contributed by atoms with van der Waals surface area (Å²) in [6.45, 7) is 7.05. The Morgan fingerprint density at radius 1 is 1.03 bits per heavy atom. The zero-order valence-corrected chi connectivity index (χ0v) is 19.6. The first-order valence-electron chi connectivity index (χ1n) is 9.51. The Bertz CT molecular complexity index is 898. The smallest absolute Gasteiger partial charge is 0.261 e. The Labute approximate surface area is 192 Å². The predicted octanol–water partition coefficient (Wildman–Crippen LogP) is 5.28. The third-order valence-corrected chi connectivity index (χ3v) is 5.61. The Hall–Kier alpha value is -1.95. The molecule has 162 valence electrons. The maximum absolute atomic E-state index is 13.0. The van der Waals surface area contributed by atoms with Crippen molar-refractivity contribution in [3.63, 3.8) is 0 Å². The van der Waals surface area contributed by atoms with Gasteiger partial charge in [-0.1, -0.05) is 40.9 Å². The second-order valence-electron chi connectivity index (χ2n) is 7.26. The lowest BCUT2D eigenvalue weighted by Gasteiger charge is -2.30. The van der Waals surface area contributed by atoms with Crippen LogP contribution in [0.4, 0.5) is 0 Å². The first-order chi connectivity index (χ1) is 14.1. The summed E-state index contributed by atoms with van der Waals surface area (Å²) in [5.41, 5.74) is 1.41. The Morgan fingerprint density at radius 3 is 2.23 bits per heavy atom. The number of benzene rings is 2. The second kappa shape index (κ2) is 10.9. The molecule has 30 heavy (non-hydrogen) atoms. The summed E-state index contributed by atoms with van der Waals surface area (Å²) >= 11 is 18.6. The van der Waals surface area contributed by atoms with E-state index in [1.807, 2.05) is 20.8 Å². The number of amides is 2. The monoisotopic (exact) mass is 470 g/mol. The van der Waals surface area contributed by atoms with Gasteiger partial charge in [-0.15, -0.1) is 0 Å². The van der Waals surface area contributed by atoms with Gasteiger partial charge in [0.25, 0.3) is 5.91 Å². The van der Waals surface area contributed by atoms with Crippen molar-refractivity contribution >= 4 is 46.6 Å². The molecule has 5 nitrogen and oxygen atoms in total. The van der Waals surface area contributed by atoms with Gasteiger partial charge >= 0.3 is 0 Å². The molecule has 0 unspecified atom stereocenters. The third-order valence-electron chi connectivity index (χ3n) is 4.48. The first-order valence-corrected chi connectivity index (χ1v) is 10.6. The van der Waals surface area contributed by atoms with Gasteiger partial charge in [0.2, 0.25) is 5.91 Å². The molecule has 0 saturated heterocycles. The van der Waals surface area contributed by atoms with E-state index in [0.29, 0.717) is 26.4 Å². The van der Waals surface area contributed by atoms with E-state index >= 15 is 0 Å². The van der Waals surface area contributed by atoms with Gasteiger partial charge in [0.1, 0.15) is 11.8 Å². The highest BCUT2D eigenvalue weighted by Gasteiger charge is 2.28. The molecule has 0 saturated carbocycles. The Morgan fingerprint density at radius 2 is 1.67 bits per heavy atom. The average molecular weight is 472 g/mol. The van der Waals surface area contributed by atoms with E-state index in [0.717, 1.165) is 5.56 Å². The van der Waals surface area contributed by atoms with Crippen molar-refractivity contribution in [2.24, 2.45) is 0 Å². The first kappa shape index (κ1) is 24.3. The Kier molecular flexibility index (Phi) is 8.83. The number of halogens is 3. The molecule has 0 bridgehead atoms. The van der Waals surface area contributed by atoms with E-state index in [1.165, 1.54) is 4.90 Å². The van der Waals surface area contributed by atoms with Crippen LogP contribution < -0.4 is 10.1 Å². The molecular formula is C22H25Cl3N2O3. The minimum Gasteiger partial charge on any atom is -0.484 e. The molecule has 0 aliphatic rings. The maximum atomic E-state index is 13.0. The SMILES string of the molecule is Cc1cc(OCC(=O)N(Cc2c(Cl)cccc2Cl)[C@@H](C)C(=O)NC(C)C)ccc1Cl. The molecular weight excluding hydrogens is 447 g/mol. The van der Waals surface area contributed by atoms with E-state index in [1.54, 1.807) is 43.3 Å². The minimum absolute atomic E-state index is 0.0610. The molecule has 0 fully saturated rings. The highest BCUT2D eigenvalue weighted by Crippen LogP contribution is 2.27. The van der Waals surface area contributed by atoms with Crippen molar-refractivity contribution in [3.05, 3.63) is 62.6 Å². The topological polar surface area (TPSA) is 58.6 Å². The van der Waals surface area contributed by atoms with Gasteiger partial charge in [-0.05, 0) is 63.6 Å². The van der Waals surface area contributed by atoms with Crippen molar-refractivity contribution in [2.45, 2.75) is 46.3 Å². The second-order valence-corrected chi connectivity index (χ2v) is 8.48. The number of rotatable bonds is 8. The molecule has 0 aromatic heterocycles. The van der Waals surface area contributed by atoms with E-state index in [2.05, 4.69) is 5.32 Å². The number of nitrogens with one attached hydrogen (secondary N) is 1. The maximum Gasteiger partial charge on any atom is 0.261 e. The number of carbonyl (C=O) groups is 2. The largest absolute Gasteiger partial charge is 0.484 e. The van der Waals surface area contributed by atoms with E-state index in [9.17, 15) is 9.59 Å². The van der Waals surface area contributed by atoms with E-state index in [4.69, 9.17) is 39.5 Å². The molecule has 0 spiro atoms. The third kappa shape index (κ3) is 6.53. The summed E-state index contributed by atoms with van der Waals surface area (Å²) in [6.07, 6.45) is 0. The number of carbonyl (C=O) groups excluding carboxylic acids is 2. The van der Waals surface area contributed by atoms with Crippen molar-refractivity contribution in [1.29, 1.82) is 0 Å². The van der Waals surface area contributed by atoms with Gasteiger partial charge in [-0.2, -0.15) is 0 Å². The number of nitrogens with zero attached hydrogens (tertiary/aromatic N) is 1. The van der Waals surface area contributed by atoms with Gasteiger partial charge in [0, 0.05) is 33.2 Å². The van der Waals surface area contributed by atoms with Crippen LogP contribution in [0.25, 0.3) is 0 Å². The number of hydrogen-bond donors (Lipinski definition) is 1. The average Bonchev–Trinajstić information content (AvgIpc) is 2.67. The number of aryl methyl sites for hydroxylation is 1. The summed E-state index contributed by atoms with van der Waals surface area (Å²) < 4.78 is 5.65. The summed E-state index contributed by atoms with van der Waals surface area (Å²) in [7, 11) is 0. The number of ether oxygens (including phenoxy) is 1. The van der Waals surface area contributed by atoms with Crippen molar-refractivity contribution < 1.29 is 14.3 Å². The molecule has 1 N–H and O–H groups in total. The normalized spacial score (nSPS) is 11.9. The molecule has 0 radical (unpaired) electrons. The lowest BCUT2D eigenvalue weighted by Crippen LogP contribution is -2.50. The van der Waals surface area contributed by atoms with Gasteiger partial charge in [0.15, 0.2) is 6.61 Å². The molecule has 1 atom stereocenters. The van der Waals surface area contributed by atoms with Crippen molar-refractivity contribution in [3.8, 4) is 5.75 Å². The lowest BCUT2D eigenvalue weighted by molar-refractivity contribution is -0.142. The van der Waals surface area contributed by atoms with Crippen molar-refractivity contribution in [2.75, 3.05) is 6.61 Å². The van der Waals surface area contributed by atoms with E-state index in [-0.39, 0.29) is 31.0 Å². The molecule has 2 aromatic carbocycles. The summed E-state index contributed by atoms with van der Waals surface area (Å²) in [5, 5.41) is 4.28. The fourth-order valence-corrected chi connectivity index (χ4v) is 3.41. The molecule has 0 aliphatic heterocycles. The van der Waals surface area contributed by atoms with Crippen molar-refractivity contribution in [1.82, 2.24) is 10.2 Å². The quantitative estimate of drug-likeness (QED) is 0.570. The summed E-state index contributed by atoms with van der Waals surface area (Å²) in [4.78, 5) is 27.0. The van der Waals surface area contributed by atoms with Crippen LogP contribution in [0.2, 0.25) is 15.1 Å². The molecule has 2 rings (SSSR count). The zero-order chi connectivity index (χ0) is 22.4. The summed E-state index contributed by atoms with van der Waals surface area (Å²) in [5.74, 6) is -0.130. The number of hydrogen-bond acceptors (Lipinski definition) is 3. The highest BCUT2D eigenvalue weighted by molar-refractivity contribution is 6.36. The van der Waals surface area contributed by atoms with Crippen LogP contribution in [-0.2, 0) is 16.1 Å². The van der Waals surface area contributed by atoms with E-state index < -0.39 is 6.04 Å². The van der Waals surface area contributed by atoms with Crippen LogP contribution in [0.5, 0.6) is 5.75 Å². The van der Waals surface area contributed by atoms with Gasteiger partial charge in [-0.25, -0.2) is 0 Å².